The molecule has 0 amide bonds. The first-order valence-electron chi connectivity index (χ1n) is 7.32. The van der Waals surface area contributed by atoms with Gasteiger partial charge in [-0.25, -0.2) is 0 Å². The van der Waals surface area contributed by atoms with E-state index in [2.05, 4.69) is 0 Å². The third-order valence-corrected chi connectivity index (χ3v) is 17.2. The standard InChI is InChI=1S/3C6H5.NO3.Sb/c3*1-2-4-6-5-3-1;2-1(3)4;/h3*1-5H;;/q;;;-1;+2. The van der Waals surface area contributed by atoms with Crippen molar-refractivity contribution in [2.45, 2.75) is 0 Å². The average molecular weight is 415 g/mol. The molecule has 1 saturated heterocycles. The molecule has 5 heteroatoms. The van der Waals surface area contributed by atoms with Gasteiger partial charge < -0.3 is 0 Å². The van der Waals surface area contributed by atoms with Crippen molar-refractivity contribution in [2.75, 3.05) is 0 Å². The normalized spacial score (nSPS) is 19.3. The fourth-order valence-electron chi connectivity index (χ4n) is 3.09. The Morgan fingerprint density at radius 2 is 0.870 bits per heavy atom. The molecule has 0 bridgehead atoms. The van der Waals surface area contributed by atoms with Crippen LogP contribution in [0.1, 0.15) is 0 Å². The first kappa shape index (κ1) is 14.3. The molecule has 4 nitrogen and oxygen atoms in total. The van der Waals surface area contributed by atoms with Crippen LogP contribution in [-0.2, 0) is 6.23 Å². The van der Waals surface area contributed by atoms with Crippen molar-refractivity contribution in [1.82, 2.24) is 0 Å². The summed E-state index contributed by atoms with van der Waals surface area (Å²) in [5, 5.41) is 0.245. The van der Waals surface area contributed by atoms with Crippen LogP contribution in [-0.4, -0.2) is 23.3 Å². The Kier molecular flexibility index (Phi) is 3.17. The van der Waals surface area contributed by atoms with Crippen LogP contribution in [0.3, 0.4) is 0 Å². The Balaban J connectivity index is 2.11. The van der Waals surface area contributed by atoms with Crippen LogP contribution in [0.25, 0.3) is 0 Å². The van der Waals surface area contributed by atoms with Crippen molar-refractivity contribution >= 4 is 28.8 Å². The van der Waals surface area contributed by atoms with Gasteiger partial charge in [-0.15, -0.1) is 0 Å². The monoisotopic (exact) mass is 414 g/mol. The van der Waals surface area contributed by atoms with E-state index in [1.165, 1.54) is 0 Å². The van der Waals surface area contributed by atoms with Crippen LogP contribution >= 0.6 is 0 Å². The molecule has 1 aliphatic heterocycles. The van der Waals surface area contributed by atoms with Crippen LogP contribution in [0, 0.1) is 4.91 Å². The minimum atomic E-state index is -4.69. The van der Waals surface area contributed by atoms with E-state index in [4.69, 9.17) is 6.23 Å². The van der Waals surface area contributed by atoms with Gasteiger partial charge in [-0.1, -0.05) is 0 Å². The molecule has 3 aromatic rings. The quantitative estimate of drug-likeness (QED) is 0.613. The molecule has 0 aromatic heterocycles. The van der Waals surface area contributed by atoms with Crippen LogP contribution in [0.2, 0.25) is 0 Å². The molecule has 23 heavy (non-hydrogen) atoms. The van der Waals surface area contributed by atoms with E-state index in [0.29, 0.717) is 0 Å². The van der Waals surface area contributed by atoms with Gasteiger partial charge in [0.1, 0.15) is 0 Å². The number of benzene rings is 3. The molecule has 0 aliphatic carbocycles. The first-order valence-corrected chi connectivity index (χ1v) is 13.2. The summed E-state index contributed by atoms with van der Waals surface area (Å²) in [5.41, 5.74) is 0. The molecule has 4 rings (SSSR count). The van der Waals surface area contributed by atoms with Crippen molar-refractivity contribution in [3.05, 3.63) is 95.9 Å². The van der Waals surface area contributed by atoms with Crippen molar-refractivity contribution in [1.29, 1.82) is 0 Å². The molecule has 0 saturated carbocycles. The zero-order valence-corrected chi connectivity index (χ0v) is 14.8. The van der Waals surface area contributed by atoms with E-state index in [-0.39, 0.29) is 5.09 Å². The molecule has 3 aromatic carbocycles. The summed E-state index contributed by atoms with van der Waals surface area (Å²) in [6.45, 7) is 0. The zero-order valence-electron chi connectivity index (χ0n) is 12.3. The van der Waals surface area contributed by atoms with Gasteiger partial charge in [-0.2, -0.15) is 0 Å². The maximum atomic E-state index is 11.8. The number of nitrogens with zero attached hydrogens (tertiary/aromatic N) is 1. The summed E-state index contributed by atoms with van der Waals surface area (Å²) in [5.74, 6) is 0. The van der Waals surface area contributed by atoms with Gasteiger partial charge in [-0.3, -0.25) is 0 Å². The predicted octanol–water partition coefficient (Wildman–Crippen LogP) is 1.76. The first-order chi connectivity index (χ1) is 11.3. The van der Waals surface area contributed by atoms with E-state index in [1.54, 1.807) is 0 Å². The third-order valence-electron chi connectivity index (χ3n) is 4.12. The summed E-state index contributed by atoms with van der Waals surface area (Å²) in [7, 11) is 0. The SMILES string of the molecule is O=[N+]1[O][Sb]([c]2ccccc2)([c]2ccccc2)([c]2ccccc2)[O]1. The number of rotatable bonds is 3. The Labute approximate surface area is 135 Å². The molecule has 0 radical (unpaired) electrons. The topological polar surface area (TPSA) is 38.5 Å². The minimum absolute atomic E-state index is 0.245. The van der Waals surface area contributed by atoms with E-state index >= 15 is 0 Å². The predicted molar refractivity (Wildman–Crippen MR) is 89.8 cm³/mol. The second kappa shape index (κ2) is 5.10. The average Bonchev–Trinajstić information content (AvgIpc) is 2.61. The van der Waals surface area contributed by atoms with Gasteiger partial charge in [0, 0.05) is 0 Å². The maximum absolute atomic E-state index is 11.8. The third kappa shape index (κ3) is 1.85. The van der Waals surface area contributed by atoms with Crippen LogP contribution < -0.4 is 10.5 Å². The summed E-state index contributed by atoms with van der Waals surface area (Å²) in [6.07, 6.45) is 0. The fraction of sp³-hybridized carbons (Fsp3) is 0. The molecule has 0 spiro atoms. The summed E-state index contributed by atoms with van der Waals surface area (Å²) in [6, 6.07) is 29.4. The van der Waals surface area contributed by atoms with Gasteiger partial charge in [0.05, 0.1) is 0 Å². The Bertz CT molecular complexity index is 742. The molecule has 1 aliphatic rings. The molecule has 0 unspecified atom stereocenters. The molecular weight excluding hydrogens is 400 g/mol. The van der Waals surface area contributed by atoms with Gasteiger partial charge >= 0.3 is 136 Å². The van der Waals surface area contributed by atoms with Gasteiger partial charge in [-0.05, 0) is 0 Å². The molecular formula is C18H15NO3Sb+. The molecule has 0 N–H and O–H groups in total. The van der Waals surface area contributed by atoms with Crippen molar-refractivity contribution in [3.8, 4) is 0 Å². The molecule has 1 fully saturated rings. The second-order valence-corrected chi connectivity index (χ2v) is 16.2. The van der Waals surface area contributed by atoms with E-state index < -0.39 is 18.2 Å². The fourth-order valence-corrected chi connectivity index (χ4v) is 14.9. The van der Waals surface area contributed by atoms with E-state index in [1.807, 2.05) is 91.0 Å². The second-order valence-electron chi connectivity index (χ2n) is 5.35. The van der Waals surface area contributed by atoms with Crippen molar-refractivity contribution < 1.29 is 11.3 Å². The van der Waals surface area contributed by atoms with Crippen LogP contribution in [0.15, 0.2) is 91.0 Å². The van der Waals surface area contributed by atoms with Crippen molar-refractivity contribution in [3.63, 3.8) is 0 Å². The van der Waals surface area contributed by atoms with Crippen LogP contribution in [0.4, 0.5) is 0 Å². The Morgan fingerprint density at radius 1 is 0.565 bits per heavy atom. The number of hydrogen-bond donors (Lipinski definition) is 0. The van der Waals surface area contributed by atoms with Crippen LogP contribution in [0.5, 0.6) is 0 Å². The van der Waals surface area contributed by atoms with Gasteiger partial charge in [0.2, 0.25) is 0 Å². The van der Waals surface area contributed by atoms with Gasteiger partial charge in [0.15, 0.2) is 0 Å². The molecule has 0 atom stereocenters. The summed E-state index contributed by atoms with van der Waals surface area (Å²) >= 11 is -4.69. The Morgan fingerprint density at radius 3 is 1.13 bits per heavy atom. The van der Waals surface area contributed by atoms with E-state index in [9.17, 15) is 4.91 Å². The van der Waals surface area contributed by atoms with Gasteiger partial charge in [0.25, 0.3) is 0 Å². The van der Waals surface area contributed by atoms with E-state index in [0.717, 1.165) is 10.5 Å². The summed E-state index contributed by atoms with van der Waals surface area (Å²) < 4.78 is 14.7. The number of hydrogen-bond acceptors (Lipinski definition) is 3. The van der Waals surface area contributed by atoms with Crippen molar-refractivity contribution in [2.24, 2.45) is 0 Å². The summed E-state index contributed by atoms with van der Waals surface area (Å²) in [4.78, 5) is 11.8. The Hall–Kier alpha value is -2.32. The molecule has 114 valence electrons. The molecule has 1 heterocycles. The zero-order chi connectivity index (χ0) is 15.8.